The van der Waals surface area contributed by atoms with Gasteiger partial charge in [-0.3, -0.25) is 23.2 Å². The monoisotopic (exact) mass is 1130 g/mol. The van der Waals surface area contributed by atoms with E-state index >= 15 is 0 Å². The Morgan fingerprint density at radius 3 is 1.90 bits per heavy atom. The van der Waals surface area contributed by atoms with Crippen molar-refractivity contribution in [1.82, 2.24) is 9.55 Å². The van der Waals surface area contributed by atoms with Crippen LogP contribution in [0.1, 0.15) is 161 Å². The van der Waals surface area contributed by atoms with E-state index in [1.165, 1.54) is 31.7 Å². The molecule has 1 aromatic heterocycles. The fraction of sp³-hybridized carbons (Fsp3) is 0.579. The topological polar surface area (TPSA) is 286 Å². The van der Waals surface area contributed by atoms with Gasteiger partial charge in [0.1, 0.15) is 30.7 Å². The normalized spacial score (nSPS) is 19.8. The Morgan fingerprint density at radius 2 is 1.26 bits per heavy atom. The highest BCUT2D eigenvalue weighted by molar-refractivity contribution is 7.61. The lowest BCUT2D eigenvalue weighted by atomic mass is 10.1. The van der Waals surface area contributed by atoms with Crippen LogP contribution in [0.4, 0.5) is 5.82 Å². The summed E-state index contributed by atoms with van der Waals surface area (Å²) in [5.41, 5.74) is 4.58. The van der Waals surface area contributed by atoms with Crippen LogP contribution in [0, 0.1) is 0 Å². The number of carbonyl (C=O) groups is 2. The highest BCUT2D eigenvalue weighted by atomic mass is 31.3. The van der Waals surface area contributed by atoms with E-state index in [-0.39, 0.29) is 25.1 Å². The van der Waals surface area contributed by atoms with Gasteiger partial charge in [0.15, 0.2) is 12.3 Å². The molecule has 0 radical (unpaired) electrons. The second-order valence-electron chi connectivity index (χ2n) is 18.5. The highest BCUT2D eigenvalue weighted by Crippen LogP contribution is 2.60. The second-order valence-corrected chi connectivity index (χ2v) is 21.6. The van der Waals surface area contributed by atoms with E-state index in [0.29, 0.717) is 25.7 Å². The molecule has 2 rings (SSSR count). The number of rotatable bonds is 44. The van der Waals surface area contributed by atoms with Gasteiger partial charge in [0.05, 0.1) is 19.3 Å². The lowest BCUT2D eigenvalue weighted by molar-refractivity contribution is -0.161. The third kappa shape index (κ3) is 35.1. The molecule has 8 atom stereocenters. The fourth-order valence-corrected chi connectivity index (χ4v) is 9.54. The molecule has 0 amide bonds. The molecular formula is C57H89N3O16P2. The van der Waals surface area contributed by atoms with Crippen LogP contribution in [0.2, 0.25) is 0 Å². The minimum Gasteiger partial charge on any atom is -0.462 e. The van der Waals surface area contributed by atoms with Crippen LogP contribution < -0.4 is 11.4 Å². The number of phosphoric acid groups is 2. The number of anilines is 1. The first-order valence-electron chi connectivity index (χ1n) is 27.5. The summed E-state index contributed by atoms with van der Waals surface area (Å²) in [5, 5.41) is 31.0. The molecule has 0 saturated carbocycles. The van der Waals surface area contributed by atoms with Crippen molar-refractivity contribution in [2.75, 3.05) is 25.6 Å². The lowest BCUT2D eigenvalue weighted by Crippen LogP contribution is -2.36. The van der Waals surface area contributed by atoms with Crippen LogP contribution in [0.3, 0.4) is 0 Å². The predicted octanol–water partition coefficient (Wildman–Crippen LogP) is 11.1. The average molecular weight is 1130 g/mol. The van der Waals surface area contributed by atoms with Crippen LogP contribution in [-0.4, -0.2) is 96.9 Å². The SMILES string of the molecule is CC/C=C\C/C=C\CC(O)/C=C/C=C\C/C=C\C/C=C\CCC(=O)O[C@H](COC(=O)CCCCCCCC/C=C\C/C=C\C/C=C\CCCCCC)COP(=O)(O)OP(=O)(O)OC[C@H]1O[C@@H](n2ccc(N)nc2=O)[C@H](O)[C@@H]1O. The molecule has 1 aliphatic heterocycles. The zero-order valence-corrected chi connectivity index (χ0v) is 47.6. The maximum Gasteiger partial charge on any atom is 0.481 e. The van der Waals surface area contributed by atoms with Gasteiger partial charge in [-0.1, -0.05) is 168 Å². The van der Waals surface area contributed by atoms with Gasteiger partial charge >= 0.3 is 33.3 Å². The summed E-state index contributed by atoms with van der Waals surface area (Å²) in [6.07, 6.45) is 47.7. The third-order valence-corrected chi connectivity index (χ3v) is 14.3. The number of aromatic nitrogens is 2. The number of aliphatic hydroxyl groups excluding tert-OH is 3. The fourth-order valence-electron chi connectivity index (χ4n) is 7.43. The predicted molar refractivity (Wildman–Crippen MR) is 304 cm³/mol. The van der Waals surface area contributed by atoms with Crippen LogP contribution in [0.25, 0.3) is 0 Å². The Labute approximate surface area is 462 Å². The average Bonchev–Trinajstić information content (AvgIpc) is 3.74. The number of hydrogen-bond donors (Lipinski definition) is 6. The molecule has 2 heterocycles. The van der Waals surface area contributed by atoms with Crippen molar-refractivity contribution in [2.24, 2.45) is 0 Å². The summed E-state index contributed by atoms with van der Waals surface area (Å²) >= 11 is 0. The van der Waals surface area contributed by atoms with E-state index in [1.54, 1.807) is 12.2 Å². The van der Waals surface area contributed by atoms with E-state index < -0.39 is 89.8 Å². The Balaban J connectivity index is 1.83. The smallest absolute Gasteiger partial charge is 0.462 e. The molecule has 0 spiro atoms. The molecule has 7 N–H and O–H groups in total. The quantitative estimate of drug-likeness (QED) is 0.0116. The molecular weight excluding hydrogens is 1040 g/mol. The summed E-state index contributed by atoms with van der Waals surface area (Å²) in [6.45, 7) is 1.87. The van der Waals surface area contributed by atoms with Crippen molar-refractivity contribution >= 4 is 33.4 Å². The van der Waals surface area contributed by atoms with E-state index in [4.69, 9.17) is 29.0 Å². The van der Waals surface area contributed by atoms with Crippen molar-refractivity contribution in [2.45, 2.75) is 192 Å². The molecule has 0 bridgehead atoms. The molecule has 1 aliphatic rings. The molecule has 438 valence electrons. The maximum atomic E-state index is 12.9. The molecule has 0 aromatic carbocycles. The third-order valence-electron chi connectivity index (χ3n) is 11.7. The standard InChI is InChI=1S/C57H89N3O16P2/c1-3-5-7-9-11-12-13-14-15-16-17-18-19-20-21-22-26-29-33-37-41-52(62)71-45-49(74-53(63)42-38-34-30-27-24-23-25-28-32-36-40-48(61)39-35-31-10-8-6-4-2)46-72-77(67,68)76-78(69,70)73-47-50-54(64)55(65)56(75-50)60-44-43-51(58)59-57(60)66/h6,8,12-13,15-16,18-19,23-24,28,30-32,34-36,40,43-44,48-50,54-56,61,64-65H,3-5,7,9-11,14,17,20-22,25-27,29,33,37-39,41-42,45-47H2,1-2H3,(H,67,68)(H,69,70)(H2,58,59,66)/b8-6-,13-12-,16-15-,19-18-,24-23-,32-28-,34-30-,35-31-,40-36+/t48?,49-,50-,54-,55-,56-/m1/s1. The van der Waals surface area contributed by atoms with Crippen molar-refractivity contribution in [1.29, 1.82) is 0 Å². The van der Waals surface area contributed by atoms with E-state index in [2.05, 4.69) is 71.8 Å². The van der Waals surface area contributed by atoms with Gasteiger partial charge in [-0.15, -0.1) is 0 Å². The van der Waals surface area contributed by atoms with E-state index in [0.717, 1.165) is 81.4 Å². The maximum absolute atomic E-state index is 12.9. The van der Waals surface area contributed by atoms with Gasteiger partial charge in [0, 0.05) is 19.0 Å². The second kappa shape index (κ2) is 43.2. The van der Waals surface area contributed by atoms with Gasteiger partial charge in [0.2, 0.25) is 0 Å². The zero-order chi connectivity index (χ0) is 57.1. The number of hydrogen-bond acceptors (Lipinski definition) is 16. The number of ether oxygens (including phenoxy) is 3. The number of nitrogens with two attached hydrogens (primary N) is 1. The minimum atomic E-state index is -5.46. The van der Waals surface area contributed by atoms with Gasteiger partial charge in [-0.25, -0.2) is 13.9 Å². The summed E-state index contributed by atoms with van der Waals surface area (Å²) < 4.78 is 56.8. The molecule has 3 unspecified atom stereocenters. The van der Waals surface area contributed by atoms with Gasteiger partial charge in [-0.05, 0) is 89.5 Å². The van der Waals surface area contributed by atoms with Crippen LogP contribution in [-0.2, 0) is 46.3 Å². The van der Waals surface area contributed by atoms with Crippen molar-refractivity contribution in [3.63, 3.8) is 0 Å². The molecule has 1 saturated heterocycles. The molecule has 0 aliphatic carbocycles. The minimum absolute atomic E-state index is 0.0798. The van der Waals surface area contributed by atoms with E-state index in [1.807, 2.05) is 48.6 Å². The van der Waals surface area contributed by atoms with Crippen molar-refractivity contribution in [3.05, 3.63) is 132 Å². The van der Waals surface area contributed by atoms with Crippen LogP contribution in [0.15, 0.2) is 126 Å². The highest BCUT2D eigenvalue weighted by Gasteiger charge is 2.46. The Morgan fingerprint density at radius 1 is 0.692 bits per heavy atom. The number of nitrogen functional groups attached to an aromatic ring is 1. The molecule has 1 fully saturated rings. The Bertz CT molecular complexity index is 2260. The Kier molecular flexibility index (Phi) is 38.5. The Hall–Kier alpha value is -4.62. The number of phosphoric ester groups is 2. The number of allylic oxidation sites excluding steroid dienone is 16. The molecule has 21 heteroatoms. The first kappa shape index (κ1) is 69.5. The summed E-state index contributed by atoms with van der Waals surface area (Å²) in [4.78, 5) is 62.0. The van der Waals surface area contributed by atoms with Crippen molar-refractivity contribution < 1.29 is 71.4 Å². The van der Waals surface area contributed by atoms with Gasteiger partial charge in [0.25, 0.3) is 0 Å². The first-order chi connectivity index (χ1) is 37.6. The summed E-state index contributed by atoms with van der Waals surface area (Å²) in [6, 6.07) is 1.24. The molecule has 78 heavy (non-hydrogen) atoms. The van der Waals surface area contributed by atoms with Crippen molar-refractivity contribution in [3.8, 4) is 0 Å². The van der Waals surface area contributed by atoms with Gasteiger partial charge < -0.3 is 45.1 Å². The zero-order valence-electron chi connectivity index (χ0n) is 45.8. The molecule has 1 aromatic rings. The first-order valence-corrected chi connectivity index (χ1v) is 30.5. The van der Waals surface area contributed by atoms with Crippen LogP contribution in [0.5, 0.6) is 0 Å². The summed E-state index contributed by atoms with van der Waals surface area (Å²) in [7, 11) is -10.9. The largest absolute Gasteiger partial charge is 0.481 e. The summed E-state index contributed by atoms with van der Waals surface area (Å²) in [5.74, 6) is -1.46. The number of aliphatic hydroxyl groups is 3. The number of esters is 2. The van der Waals surface area contributed by atoms with Gasteiger partial charge in [-0.2, -0.15) is 9.29 Å². The number of unbranched alkanes of at least 4 members (excludes halogenated alkanes) is 10. The van der Waals surface area contributed by atoms with E-state index in [9.17, 15) is 48.6 Å². The van der Waals surface area contributed by atoms with Crippen LogP contribution >= 0.6 is 15.6 Å². The lowest BCUT2D eigenvalue weighted by Gasteiger charge is -2.21. The number of carbonyl (C=O) groups excluding carboxylic acids is 2. The number of nitrogens with zero attached hydrogens (tertiary/aromatic N) is 2. The molecule has 19 nitrogen and oxygen atoms in total.